The van der Waals surface area contributed by atoms with Crippen LogP contribution in [0.2, 0.25) is 0 Å². The molecule has 2 aliphatic carbocycles. The summed E-state index contributed by atoms with van der Waals surface area (Å²) in [5.74, 6) is 0.581. The van der Waals surface area contributed by atoms with Gasteiger partial charge in [-0.25, -0.2) is 4.98 Å². The van der Waals surface area contributed by atoms with Crippen LogP contribution in [-0.2, 0) is 19.3 Å². The van der Waals surface area contributed by atoms with E-state index in [4.69, 9.17) is 10.7 Å². The zero-order chi connectivity index (χ0) is 12.3. The fourth-order valence-corrected chi connectivity index (χ4v) is 4.89. The summed E-state index contributed by atoms with van der Waals surface area (Å²) in [5, 5.41) is 1.31. The maximum Gasteiger partial charge on any atom is 0.126 e. The third kappa shape index (κ3) is 1.31. The number of hydrogen-bond acceptors (Lipinski definition) is 3. The van der Waals surface area contributed by atoms with E-state index in [0.717, 1.165) is 12.1 Å². The molecule has 2 nitrogen and oxygen atoms in total. The topological polar surface area (TPSA) is 38.9 Å². The van der Waals surface area contributed by atoms with E-state index < -0.39 is 0 Å². The summed E-state index contributed by atoms with van der Waals surface area (Å²) in [6, 6.07) is 0. The van der Waals surface area contributed by atoms with Crippen molar-refractivity contribution in [2.24, 2.45) is 0 Å². The fraction of sp³-hybridized carbons (Fsp3) is 0.533. The van der Waals surface area contributed by atoms with Gasteiger partial charge in [-0.3, -0.25) is 0 Å². The molecule has 2 heterocycles. The molecule has 2 N–H and O–H groups in total. The molecule has 0 bridgehead atoms. The number of nitrogens with two attached hydrogens (primary N) is 1. The Morgan fingerprint density at radius 1 is 1.17 bits per heavy atom. The van der Waals surface area contributed by atoms with Gasteiger partial charge in [0.25, 0.3) is 0 Å². The van der Waals surface area contributed by atoms with Crippen molar-refractivity contribution in [1.82, 2.24) is 4.98 Å². The van der Waals surface area contributed by atoms with Crippen LogP contribution in [0.4, 0.5) is 5.69 Å². The summed E-state index contributed by atoms with van der Waals surface area (Å²) in [5.41, 5.74) is 11.7. The zero-order valence-corrected chi connectivity index (χ0v) is 11.6. The fourth-order valence-electron chi connectivity index (χ4n) is 3.60. The van der Waals surface area contributed by atoms with Crippen molar-refractivity contribution in [3.05, 3.63) is 21.7 Å². The molecule has 0 spiro atoms. The predicted octanol–water partition coefficient (Wildman–Crippen LogP) is 3.81. The van der Waals surface area contributed by atoms with Gasteiger partial charge in [-0.05, 0) is 55.6 Å². The van der Waals surface area contributed by atoms with E-state index >= 15 is 0 Å². The van der Waals surface area contributed by atoms with Crippen molar-refractivity contribution in [3.8, 4) is 0 Å². The van der Waals surface area contributed by atoms with Crippen molar-refractivity contribution < 1.29 is 0 Å². The molecule has 0 aromatic carbocycles. The van der Waals surface area contributed by atoms with Crippen molar-refractivity contribution >= 4 is 27.2 Å². The second-order valence-electron chi connectivity index (χ2n) is 5.72. The summed E-state index contributed by atoms with van der Waals surface area (Å²) >= 11 is 1.88. The van der Waals surface area contributed by atoms with Gasteiger partial charge in [0.15, 0.2) is 0 Å². The number of anilines is 1. The summed E-state index contributed by atoms with van der Waals surface area (Å²) in [4.78, 5) is 7.70. The molecule has 2 aromatic rings. The molecule has 2 aliphatic rings. The summed E-state index contributed by atoms with van der Waals surface area (Å²) in [6.45, 7) is 2.29. The highest BCUT2D eigenvalue weighted by Crippen LogP contribution is 2.44. The number of fused-ring (bicyclic) bond motifs is 4. The number of thiophene rings is 1. The minimum atomic E-state index is 0.581. The normalized spacial score (nSPS) is 22.2. The molecule has 4 rings (SSSR count). The number of aryl methyl sites for hydroxylation is 2. The standard InChI is InChI=1S/C15H18N2S/c1-8-4-2-6-10-13(16)12-9-5-3-7-11(9)18-15(12)17-14(8)10/h8H,2-7H2,1H3,(H2,16,17). The summed E-state index contributed by atoms with van der Waals surface area (Å²) < 4.78 is 0. The molecule has 1 unspecified atom stereocenters. The van der Waals surface area contributed by atoms with Gasteiger partial charge in [0.05, 0.1) is 5.69 Å². The van der Waals surface area contributed by atoms with E-state index in [0.29, 0.717) is 5.92 Å². The van der Waals surface area contributed by atoms with Crippen LogP contribution in [0.3, 0.4) is 0 Å². The molecule has 0 saturated heterocycles. The largest absolute Gasteiger partial charge is 0.398 e. The maximum absolute atomic E-state index is 6.49. The molecule has 0 aliphatic heterocycles. The highest BCUT2D eigenvalue weighted by Gasteiger charge is 2.26. The van der Waals surface area contributed by atoms with Crippen LogP contribution in [0.15, 0.2) is 0 Å². The highest BCUT2D eigenvalue weighted by molar-refractivity contribution is 7.19. The number of nitrogen functional groups attached to an aromatic ring is 1. The van der Waals surface area contributed by atoms with E-state index in [1.165, 1.54) is 59.1 Å². The number of nitrogens with zero attached hydrogens (tertiary/aromatic N) is 1. The SMILES string of the molecule is CC1CCCc2c1nc1sc3c(c1c2N)CCC3. The predicted molar refractivity (Wildman–Crippen MR) is 77.4 cm³/mol. The molecule has 0 radical (unpaired) electrons. The van der Waals surface area contributed by atoms with E-state index in [-0.39, 0.29) is 0 Å². The van der Waals surface area contributed by atoms with Crippen LogP contribution >= 0.6 is 11.3 Å². The Morgan fingerprint density at radius 2 is 2.00 bits per heavy atom. The highest BCUT2D eigenvalue weighted by atomic mass is 32.1. The molecule has 18 heavy (non-hydrogen) atoms. The Hall–Kier alpha value is -1.09. The molecule has 2 aromatic heterocycles. The van der Waals surface area contributed by atoms with Gasteiger partial charge in [0, 0.05) is 16.0 Å². The van der Waals surface area contributed by atoms with Gasteiger partial charge in [-0.2, -0.15) is 0 Å². The second kappa shape index (κ2) is 3.70. The number of rotatable bonds is 0. The Bertz CT molecular complexity index is 642. The summed E-state index contributed by atoms with van der Waals surface area (Å²) in [7, 11) is 0. The molecule has 0 fully saturated rings. The van der Waals surface area contributed by atoms with E-state index in [1.807, 2.05) is 11.3 Å². The molecule has 0 saturated carbocycles. The van der Waals surface area contributed by atoms with Gasteiger partial charge in [0.2, 0.25) is 0 Å². The molecule has 94 valence electrons. The minimum absolute atomic E-state index is 0.581. The maximum atomic E-state index is 6.49. The lowest BCUT2D eigenvalue weighted by molar-refractivity contribution is 0.577. The Kier molecular flexibility index (Phi) is 2.22. The van der Waals surface area contributed by atoms with Crippen LogP contribution in [0, 0.1) is 0 Å². The number of hydrogen-bond donors (Lipinski definition) is 1. The van der Waals surface area contributed by atoms with E-state index in [2.05, 4.69) is 6.92 Å². The molecule has 1 atom stereocenters. The minimum Gasteiger partial charge on any atom is -0.398 e. The smallest absolute Gasteiger partial charge is 0.126 e. The van der Waals surface area contributed by atoms with Gasteiger partial charge >= 0.3 is 0 Å². The van der Waals surface area contributed by atoms with Crippen molar-refractivity contribution in [3.63, 3.8) is 0 Å². The van der Waals surface area contributed by atoms with Crippen LogP contribution in [0.25, 0.3) is 10.2 Å². The number of aromatic nitrogens is 1. The van der Waals surface area contributed by atoms with Crippen LogP contribution in [0.5, 0.6) is 0 Å². The first-order valence-corrected chi connectivity index (χ1v) is 7.80. The third-order valence-electron chi connectivity index (χ3n) is 4.56. The van der Waals surface area contributed by atoms with Gasteiger partial charge < -0.3 is 5.73 Å². The Labute approximate surface area is 111 Å². The third-order valence-corrected chi connectivity index (χ3v) is 5.74. The van der Waals surface area contributed by atoms with Crippen LogP contribution in [-0.4, -0.2) is 4.98 Å². The quantitative estimate of drug-likeness (QED) is 0.780. The number of pyridine rings is 1. The average Bonchev–Trinajstić information content (AvgIpc) is 2.90. The molecule has 3 heteroatoms. The lowest BCUT2D eigenvalue weighted by Gasteiger charge is -2.23. The first-order valence-electron chi connectivity index (χ1n) is 6.98. The second-order valence-corrected chi connectivity index (χ2v) is 6.80. The molecular weight excluding hydrogens is 240 g/mol. The average molecular weight is 258 g/mol. The lowest BCUT2D eigenvalue weighted by atomic mass is 9.86. The molecule has 0 amide bonds. The zero-order valence-electron chi connectivity index (χ0n) is 10.8. The Morgan fingerprint density at radius 3 is 2.89 bits per heavy atom. The van der Waals surface area contributed by atoms with E-state index in [1.54, 1.807) is 4.88 Å². The van der Waals surface area contributed by atoms with Crippen molar-refractivity contribution in [2.45, 2.75) is 51.4 Å². The molecular formula is C15H18N2S. The van der Waals surface area contributed by atoms with Crippen molar-refractivity contribution in [1.29, 1.82) is 0 Å². The lowest BCUT2D eigenvalue weighted by Crippen LogP contribution is -2.12. The first-order chi connectivity index (χ1) is 8.75. The van der Waals surface area contributed by atoms with E-state index in [9.17, 15) is 0 Å². The van der Waals surface area contributed by atoms with Crippen LogP contribution in [0.1, 0.15) is 53.8 Å². The van der Waals surface area contributed by atoms with Gasteiger partial charge in [-0.15, -0.1) is 11.3 Å². The monoisotopic (exact) mass is 258 g/mol. The van der Waals surface area contributed by atoms with Gasteiger partial charge in [-0.1, -0.05) is 6.92 Å². The Balaban J connectivity index is 2.07. The summed E-state index contributed by atoms with van der Waals surface area (Å²) in [6.07, 6.45) is 7.38. The first kappa shape index (κ1) is 10.8. The van der Waals surface area contributed by atoms with Gasteiger partial charge in [0.1, 0.15) is 4.83 Å². The van der Waals surface area contributed by atoms with Crippen LogP contribution < -0.4 is 5.73 Å². The van der Waals surface area contributed by atoms with Crippen molar-refractivity contribution in [2.75, 3.05) is 5.73 Å².